The van der Waals surface area contributed by atoms with Gasteiger partial charge in [-0.15, -0.1) is 0 Å². The summed E-state index contributed by atoms with van der Waals surface area (Å²) in [4.78, 5) is 6.65. The summed E-state index contributed by atoms with van der Waals surface area (Å²) in [5, 5.41) is 7.12. The number of nitrogens with one attached hydrogen (secondary N) is 1. The first-order valence-corrected chi connectivity index (χ1v) is 12.6. The van der Waals surface area contributed by atoms with Gasteiger partial charge < -0.3 is 4.90 Å². The molecule has 0 fully saturated rings. The Kier molecular flexibility index (Phi) is 8.47. The summed E-state index contributed by atoms with van der Waals surface area (Å²) < 4.78 is 29.0. The van der Waals surface area contributed by atoms with Crippen LogP contribution >= 0.6 is 11.6 Å². The smallest absolute Gasteiger partial charge is 0.303 e. The molecule has 3 rings (SSSR count). The van der Waals surface area contributed by atoms with Crippen molar-refractivity contribution in [2.24, 2.45) is 10.1 Å². The Morgan fingerprint density at radius 2 is 1.79 bits per heavy atom. The van der Waals surface area contributed by atoms with E-state index < -0.39 is 10.2 Å². The summed E-state index contributed by atoms with van der Waals surface area (Å²) in [5.41, 5.74) is 2.86. The van der Waals surface area contributed by atoms with Crippen LogP contribution in [0.5, 0.6) is 0 Å². The lowest BCUT2D eigenvalue weighted by Crippen LogP contribution is -2.46. The normalized spacial score (nSPS) is 17.1. The van der Waals surface area contributed by atoms with Crippen molar-refractivity contribution >= 4 is 33.5 Å². The Morgan fingerprint density at radius 1 is 1.12 bits per heavy atom. The van der Waals surface area contributed by atoms with Gasteiger partial charge in [0.1, 0.15) is 0 Å². The largest absolute Gasteiger partial charge is 0.309 e. The SMILES string of the molecule is CN(C)CCCN=C(NS(=O)(=O)N(C)C)N1CC(c2ccccc2)C(c2ccc(Cl)cc2)=N1. The number of halogens is 1. The summed E-state index contributed by atoms with van der Waals surface area (Å²) in [7, 11) is 3.20. The lowest BCUT2D eigenvalue weighted by Gasteiger charge is -2.21. The minimum atomic E-state index is -3.74. The summed E-state index contributed by atoms with van der Waals surface area (Å²) in [6.07, 6.45) is 0.796. The molecule has 2 aromatic carbocycles. The van der Waals surface area contributed by atoms with Crippen LogP contribution in [0.15, 0.2) is 64.7 Å². The quantitative estimate of drug-likeness (QED) is 0.350. The van der Waals surface area contributed by atoms with Crippen LogP contribution in [0.1, 0.15) is 23.5 Å². The Labute approximate surface area is 201 Å². The van der Waals surface area contributed by atoms with E-state index in [0.717, 1.165) is 34.1 Å². The maximum Gasteiger partial charge on any atom is 0.303 e. The summed E-state index contributed by atoms with van der Waals surface area (Å²) in [6.45, 7) is 1.79. The Morgan fingerprint density at radius 3 is 2.39 bits per heavy atom. The zero-order valence-corrected chi connectivity index (χ0v) is 21.0. The van der Waals surface area contributed by atoms with E-state index in [-0.39, 0.29) is 11.9 Å². The standard InChI is InChI=1S/C23H31ClN6O2S/c1-28(2)16-8-15-25-23(27-33(31,32)29(3)4)30-17-21(18-9-6-5-7-10-18)22(26-30)19-11-13-20(24)14-12-19/h5-7,9-14,21H,8,15-17H2,1-4H3,(H,25,27). The van der Waals surface area contributed by atoms with Crippen LogP contribution in [0, 0.1) is 0 Å². The zero-order valence-electron chi connectivity index (χ0n) is 19.4. The molecule has 0 bridgehead atoms. The molecule has 0 spiro atoms. The molecule has 178 valence electrons. The van der Waals surface area contributed by atoms with E-state index in [1.807, 2.05) is 56.6 Å². The van der Waals surface area contributed by atoms with Crippen LogP contribution in [0.25, 0.3) is 0 Å². The molecule has 1 heterocycles. The van der Waals surface area contributed by atoms with E-state index in [1.54, 1.807) is 5.01 Å². The van der Waals surface area contributed by atoms with Gasteiger partial charge in [-0.05, 0) is 50.3 Å². The minimum Gasteiger partial charge on any atom is -0.309 e. The molecule has 0 amide bonds. The van der Waals surface area contributed by atoms with Crippen molar-refractivity contribution in [2.75, 3.05) is 47.8 Å². The van der Waals surface area contributed by atoms with Gasteiger partial charge in [-0.25, -0.2) is 9.73 Å². The average Bonchev–Trinajstić information content (AvgIpc) is 3.22. The van der Waals surface area contributed by atoms with Crippen LogP contribution < -0.4 is 4.72 Å². The fourth-order valence-corrected chi connectivity index (χ4v) is 4.12. The number of hydrogen-bond acceptors (Lipinski definition) is 5. The number of hydrazone groups is 1. The third-order valence-electron chi connectivity index (χ3n) is 5.23. The molecule has 1 unspecified atom stereocenters. The summed E-state index contributed by atoms with van der Waals surface area (Å²) in [6, 6.07) is 17.6. The van der Waals surface area contributed by atoms with Gasteiger partial charge in [-0.2, -0.15) is 17.8 Å². The van der Waals surface area contributed by atoms with E-state index in [9.17, 15) is 8.42 Å². The number of rotatable bonds is 8. The predicted octanol–water partition coefficient (Wildman–Crippen LogP) is 2.85. The van der Waals surface area contributed by atoms with E-state index >= 15 is 0 Å². The Hall–Kier alpha value is -2.46. The zero-order chi connectivity index (χ0) is 24.0. The molecule has 0 aliphatic carbocycles. The van der Waals surface area contributed by atoms with Crippen LogP contribution in [0.2, 0.25) is 5.02 Å². The van der Waals surface area contributed by atoms with Gasteiger partial charge in [-0.1, -0.05) is 54.1 Å². The molecule has 1 atom stereocenters. The first-order chi connectivity index (χ1) is 15.7. The fourth-order valence-electron chi connectivity index (χ4n) is 3.41. The van der Waals surface area contributed by atoms with Crippen molar-refractivity contribution < 1.29 is 8.42 Å². The molecule has 2 aromatic rings. The molecule has 33 heavy (non-hydrogen) atoms. The summed E-state index contributed by atoms with van der Waals surface area (Å²) in [5.74, 6) is 0.163. The second-order valence-corrected chi connectivity index (χ2v) is 10.6. The second-order valence-electron chi connectivity index (χ2n) is 8.29. The second kappa shape index (κ2) is 11.1. The van der Waals surface area contributed by atoms with Gasteiger partial charge >= 0.3 is 10.2 Å². The molecule has 1 aliphatic heterocycles. The molecule has 1 N–H and O–H groups in total. The maximum absolute atomic E-state index is 12.6. The molecule has 10 heteroatoms. The fraction of sp³-hybridized carbons (Fsp3) is 0.391. The van der Waals surface area contributed by atoms with Crippen LogP contribution in [0.3, 0.4) is 0 Å². The number of nitrogens with zero attached hydrogens (tertiary/aromatic N) is 5. The molecule has 1 aliphatic rings. The molecule has 0 saturated heterocycles. The van der Waals surface area contributed by atoms with Crippen LogP contribution in [0.4, 0.5) is 0 Å². The maximum atomic E-state index is 12.6. The summed E-state index contributed by atoms with van der Waals surface area (Å²) >= 11 is 6.09. The van der Waals surface area contributed by atoms with E-state index in [2.05, 4.69) is 26.7 Å². The number of benzene rings is 2. The molecular weight excluding hydrogens is 460 g/mol. The highest BCUT2D eigenvalue weighted by atomic mass is 35.5. The first-order valence-electron chi connectivity index (χ1n) is 10.7. The van der Waals surface area contributed by atoms with Crippen LogP contribution in [-0.2, 0) is 10.2 Å². The topological polar surface area (TPSA) is 80.6 Å². The molecule has 0 radical (unpaired) electrons. The third kappa shape index (κ3) is 6.77. The van der Waals surface area contributed by atoms with E-state index in [0.29, 0.717) is 18.1 Å². The van der Waals surface area contributed by atoms with Gasteiger partial charge in [0.25, 0.3) is 0 Å². The molecule has 0 saturated carbocycles. The molecule has 0 aromatic heterocycles. The van der Waals surface area contributed by atoms with Gasteiger partial charge in [0.15, 0.2) is 0 Å². The van der Waals surface area contributed by atoms with Crippen molar-refractivity contribution in [1.82, 2.24) is 18.9 Å². The Balaban J connectivity index is 1.97. The predicted molar refractivity (Wildman–Crippen MR) is 135 cm³/mol. The molecule has 8 nitrogen and oxygen atoms in total. The monoisotopic (exact) mass is 490 g/mol. The number of hydrogen-bond donors (Lipinski definition) is 1. The van der Waals surface area contributed by atoms with Crippen LogP contribution in [-0.4, -0.2) is 82.1 Å². The Bertz CT molecular complexity index is 1090. The minimum absolute atomic E-state index is 0.0526. The van der Waals surface area contributed by atoms with Gasteiger partial charge in [0, 0.05) is 31.6 Å². The molecular formula is C23H31ClN6O2S. The van der Waals surface area contributed by atoms with Crippen molar-refractivity contribution in [2.45, 2.75) is 12.3 Å². The van der Waals surface area contributed by atoms with Crippen molar-refractivity contribution in [3.8, 4) is 0 Å². The first kappa shape index (κ1) is 25.2. The van der Waals surface area contributed by atoms with E-state index in [1.165, 1.54) is 14.1 Å². The van der Waals surface area contributed by atoms with Crippen molar-refractivity contribution in [3.05, 3.63) is 70.7 Å². The van der Waals surface area contributed by atoms with Gasteiger partial charge in [0.05, 0.1) is 12.3 Å². The highest BCUT2D eigenvalue weighted by Gasteiger charge is 2.33. The van der Waals surface area contributed by atoms with Crippen molar-refractivity contribution in [3.63, 3.8) is 0 Å². The highest BCUT2D eigenvalue weighted by molar-refractivity contribution is 7.87. The van der Waals surface area contributed by atoms with Crippen molar-refractivity contribution in [1.29, 1.82) is 0 Å². The van der Waals surface area contributed by atoms with E-state index in [4.69, 9.17) is 16.7 Å². The lowest BCUT2D eigenvalue weighted by molar-refractivity contribution is 0.401. The van der Waals surface area contributed by atoms with Gasteiger partial charge in [-0.3, -0.25) is 4.99 Å². The average molecular weight is 491 g/mol. The number of guanidine groups is 1. The lowest BCUT2D eigenvalue weighted by atomic mass is 9.91. The highest BCUT2D eigenvalue weighted by Crippen LogP contribution is 2.29. The third-order valence-corrected chi connectivity index (χ3v) is 6.88. The number of aliphatic imine (C=N–C) groups is 1. The van der Waals surface area contributed by atoms with Gasteiger partial charge in [0.2, 0.25) is 5.96 Å².